The van der Waals surface area contributed by atoms with Crippen molar-refractivity contribution in [2.75, 3.05) is 10.6 Å². The number of aromatic hydroxyl groups is 2. The Hall–Kier alpha value is -8.51. The lowest BCUT2D eigenvalue weighted by atomic mass is 10.0. The molecule has 16 nitrogen and oxygen atoms in total. The van der Waals surface area contributed by atoms with Gasteiger partial charge in [-0.15, -0.1) is 20.5 Å². The van der Waals surface area contributed by atoms with Gasteiger partial charge in [0.15, 0.2) is 11.5 Å². The van der Waals surface area contributed by atoms with E-state index in [2.05, 4.69) is 31.1 Å². The number of anilines is 2. The molecule has 19 heteroatoms. The summed E-state index contributed by atoms with van der Waals surface area (Å²) >= 11 is 12.6. The third-order valence-corrected chi connectivity index (χ3v) is 12.6. The molecule has 4 amide bonds. The number of nitrogens with one attached hydrogen (secondary N) is 2. The molecular formula is C48H32Cl2N8O8S. The van der Waals surface area contributed by atoms with Gasteiger partial charge in [-0.05, 0) is 95.7 Å². The smallest absolute Gasteiger partial charge is 0.259 e. The number of azo groups is 2. The van der Waals surface area contributed by atoms with Gasteiger partial charge in [0.25, 0.3) is 11.8 Å². The van der Waals surface area contributed by atoms with E-state index in [0.29, 0.717) is 21.5 Å². The number of sulfone groups is 1. The van der Waals surface area contributed by atoms with Gasteiger partial charge < -0.3 is 32.3 Å². The van der Waals surface area contributed by atoms with Gasteiger partial charge in [-0.2, -0.15) is 0 Å². The summed E-state index contributed by atoms with van der Waals surface area (Å²) in [6.45, 7) is 0. The molecule has 67 heavy (non-hydrogen) atoms. The van der Waals surface area contributed by atoms with Gasteiger partial charge in [-0.3, -0.25) is 19.2 Å². The fourth-order valence-electron chi connectivity index (χ4n) is 6.89. The Kier molecular flexibility index (Phi) is 12.5. The maximum Gasteiger partial charge on any atom is 0.259 e. The number of halogens is 2. The Balaban J connectivity index is 1.05. The van der Waals surface area contributed by atoms with Gasteiger partial charge in [0, 0.05) is 33.3 Å². The number of amides is 4. The number of primary amides is 2. The molecule has 0 aliphatic heterocycles. The fourth-order valence-corrected chi connectivity index (χ4v) is 8.55. The summed E-state index contributed by atoms with van der Waals surface area (Å²) in [5, 5.41) is 46.9. The van der Waals surface area contributed by atoms with Crippen molar-refractivity contribution in [3.63, 3.8) is 0 Å². The van der Waals surface area contributed by atoms with Crippen molar-refractivity contribution < 1.29 is 37.8 Å². The number of hydrogen-bond acceptors (Lipinski definition) is 12. The molecular weight excluding hydrogens is 920 g/mol. The monoisotopic (exact) mass is 950 g/mol. The zero-order valence-corrected chi connectivity index (χ0v) is 36.6. The number of nitrogens with two attached hydrogens (primary N) is 2. The summed E-state index contributed by atoms with van der Waals surface area (Å²) in [5.41, 5.74) is 10.7. The van der Waals surface area contributed by atoms with E-state index in [1.54, 1.807) is 48.5 Å². The van der Waals surface area contributed by atoms with Crippen LogP contribution in [0.4, 0.5) is 34.1 Å². The van der Waals surface area contributed by atoms with E-state index in [1.807, 2.05) is 0 Å². The van der Waals surface area contributed by atoms with Gasteiger partial charge >= 0.3 is 0 Å². The maximum absolute atomic E-state index is 14.1. The average Bonchev–Trinajstić information content (AvgIpc) is 3.31. The van der Waals surface area contributed by atoms with Gasteiger partial charge in [0.2, 0.25) is 21.7 Å². The number of phenolic OH excluding ortho intramolecular Hbond substituents is 2. The Labute approximate surface area is 390 Å². The number of benzene rings is 8. The average molecular weight is 952 g/mol. The first-order valence-corrected chi connectivity index (χ1v) is 21.9. The second kappa shape index (κ2) is 18.5. The molecule has 0 spiro atoms. The Morgan fingerprint density at radius 1 is 0.493 bits per heavy atom. The van der Waals surface area contributed by atoms with Gasteiger partial charge in [0.1, 0.15) is 22.7 Å². The van der Waals surface area contributed by atoms with Crippen LogP contribution in [0, 0.1) is 0 Å². The third kappa shape index (κ3) is 9.36. The first kappa shape index (κ1) is 45.1. The van der Waals surface area contributed by atoms with E-state index >= 15 is 0 Å². The van der Waals surface area contributed by atoms with Crippen molar-refractivity contribution in [2.24, 2.45) is 31.9 Å². The molecule has 8 rings (SSSR count). The van der Waals surface area contributed by atoms with E-state index in [9.17, 15) is 37.8 Å². The highest BCUT2D eigenvalue weighted by molar-refractivity contribution is 7.91. The van der Waals surface area contributed by atoms with Gasteiger partial charge in [-0.1, -0.05) is 83.9 Å². The van der Waals surface area contributed by atoms with E-state index in [1.165, 1.54) is 97.1 Å². The van der Waals surface area contributed by atoms with E-state index in [-0.39, 0.29) is 76.2 Å². The highest BCUT2D eigenvalue weighted by Crippen LogP contribution is 2.42. The van der Waals surface area contributed by atoms with Crippen LogP contribution < -0.4 is 22.1 Å². The van der Waals surface area contributed by atoms with Crippen molar-refractivity contribution in [3.8, 4) is 11.5 Å². The zero-order chi connectivity index (χ0) is 47.6. The first-order chi connectivity index (χ1) is 32.1. The largest absolute Gasteiger partial charge is 0.505 e. The summed E-state index contributed by atoms with van der Waals surface area (Å²) < 4.78 is 28.1. The minimum Gasteiger partial charge on any atom is -0.505 e. The lowest BCUT2D eigenvalue weighted by Crippen LogP contribution is -2.13. The summed E-state index contributed by atoms with van der Waals surface area (Å²) in [5.74, 6) is -4.14. The molecule has 0 saturated carbocycles. The van der Waals surface area contributed by atoms with Crippen molar-refractivity contribution in [3.05, 3.63) is 178 Å². The number of rotatable bonds is 12. The molecule has 8 N–H and O–H groups in total. The highest BCUT2D eigenvalue weighted by atomic mass is 35.5. The van der Waals surface area contributed by atoms with E-state index in [0.717, 1.165) is 0 Å². The molecule has 0 saturated heterocycles. The van der Waals surface area contributed by atoms with Crippen LogP contribution in [-0.2, 0) is 9.84 Å². The second-order valence-electron chi connectivity index (χ2n) is 14.6. The van der Waals surface area contributed by atoms with Crippen molar-refractivity contribution in [1.82, 2.24) is 0 Å². The fraction of sp³-hybridized carbons (Fsp3) is 0. The molecule has 0 unspecified atom stereocenters. The standard InChI is InChI=1S/C48H32Cl2N8O8S/c49-37-17-15-27(45(51)61)21-39(37)55-57-41-33-13-3-1-7-25(33)19-35(43(41)59)47(63)53-29-9-5-11-31(23-29)67(65,66)32-12-6-10-30(24-32)54-48(64)36-20-26-8-2-4-14-34(26)42(44(36)60)58-56-40-22-28(46(52)62)16-18-38(40)50/h1-24,59-60H,(H2,51,61)(H2,52,62)(H,53,63)(H,54,64). The Morgan fingerprint density at radius 2 is 0.896 bits per heavy atom. The minimum atomic E-state index is -4.30. The topological polar surface area (TPSA) is 268 Å². The lowest BCUT2D eigenvalue weighted by Gasteiger charge is -2.13. The molecule has 0 bridgehead atoms. The van der Waals surface area contributed by atoms with Crippen LogP contribution in [0.3, 0.4) is 0 Å². The Morgan fingerprint density at radius 3 is 1.30 bits per heavy atom. The quantitative estimate of drug-likeness (QED) is 0.0640. The number of carbonyl (C=O) groups is 4. The molecule has 0 fully saturated rings. The van der Waals surface area contributed by atoms with Crippen LogP contribution in [0.25, 0.3) is 21.5 Å². The number of fused-ring (bicyclic) bond motifs is 2. The SMILES string of the molecule is NC(=O)c1ccc(Cl)c(N=Nc2c(O)c(C(=O)Nc3cccc(S(=O)(=O)c4cccc(NC(=O)c5cc6ccccc6c(N=Nc6cc(C(N)=O)ccc6Cl)c5O)c4)c3)cc3ccccc23)c1. The van der Waals surface area contributed by atoms with Crippen molar-refractivity contribution in [2.45, 2.75) is 9.79 Å². The highest BCUT2D eigenvalue weighted by Gasteiger charge is 2.24. The minimum absolute atomic E-state index is 0.0592. The number of carbonyl (C=O) groups excluding carboxylic acids is 4. The summed E-state index contributed by atoms with van der Waals surface area (Å²) in [6, 6.07) is 35.6. The molecule has 0 radical (unpaired) electrons. The van der Waals surface area contributed by atoms with E-state index in [4.69, 9.17) is 34.7 Å². The third-order valence-electron chi connectivity index (χ3n) is 10.3. The van der Waals surface area contributed by atoms with Gasteiger partial charge in [0.05, 0.1) is 31.0 Å². The number of nitrogens with zero attached hydrogens (tertiary/aromatic N) is 4. The Bertz CT molecular complexity index is 3340. The van der Waals surface area contributed by atoms with Crippen LogP contribution in [0.2, 0.25) is 10.0 Å². The maximum atomic E-state index is 14.1. The van der Waals surface area contributed by atoms with Crippen LogP contribution >= 0.6 is 23.2 Å². The predicted octanol–water partition coefficient (Wildman–Crippen LogP) is 11.1. The van der Waals surface area contributed by atoms with Crippen LogP contribution in [0.5, 0.6) is 11.5 Å². The molecule has 0 aliphatic carbocycles. The van der Waals surface area contributed by atoms with Crippen LogP contribution in [0.15, 0.2) is 176 Å². The molecule has 0 atom stereocenters. The van der Waals surface area contributed by atoms with Crippen LogP contribution in [0.1, 0.15) is 41.4 Å². The molecule has 0 heterocycles. The predicted molar refractivity (Wildman–Crippen MR) is 254 cm³/mol. The van der Waals surface area contributed by atoms with E-state index < -0.39 is 45.0 Å². The molecule has 8 aromatic rings. The molecule has 0 aliphatic rings. The van der Waals surface area contributed by atoms with Crippen molar-refractivity contribution >= 4 is 112 Å². The van der Waals surface area contributed by atoms with Crippen LogP contribution in [-0.4, -0.2) is 42.3 Å². The number of phenols is 2. The molecule has 8 aromatic carbocycles. The molecule has 332 valence electrons. The summed E-state index contributed by atoms with van der Waals surface area (Å²) in [7, 11) is -4.30. The normalized spacial score (nSPS) is 11.6. The second-order valence-corrected chi connectivity index (χ2v) is 17.4. The van der Waals surface area contributed by atoms with Crippen molar-refractivity contribution in [1.29, 1.82) is 0 Å². The summed E-state index contributed by atoms with van der Waals surface area (Å²) in [6.07, 6.45) is 0. The molecule has 0 aromatic heterocycles. The lowest BCUT2D eigenvalue weighted by molar-refractivity contribution is 0.0992. The zero-order valence-electron chi connectivity index (χ0n) is 34.3. The summed E-state index contributed by atoms with van der Waals surface area (Å²) in [4.78, 5) is 50.6. The number of hydrogen-bond donors (Lipinski definition) is 6. The van der Waals surface area contributed by atoms with Gasteiger partial charge in [-0.25, -0.2) is 8.42 Å². The first-order valence-electron chi connectivity index (χ1n) is 19.7.